The molecule has 0 saturated heterocycles. The number of hydrogen-bond donors (Lipinski definition) is 3. The standard InChI is InChI=1S/C24H28N2O6S/c1-24(2,33)15-25-22(28)14-32-23(29)17-7-5-6-8-18(17)26-21(27)12-10-16-9-11-19(30-3)20(13-16)31-4/h5-13,33H,14-15H2,1-4H3,(H,25,28)(H,26,27)/b12-10+. The van der Waals surface area contributed by atoms with Gasteiger partial charge in [-0.25, -0.2) is 4.79 Å². The molecule has 2 N–H and O–H groups in total. The van der Waals surface area contributed by atoms with Crippen molar-refractivity contribution in [2.45, 2.75) is 18.6 Å². The van der Waals surface area contributed by atoms with Crippen LogP contribution in [0.4, 0.5) is 5.69 Å². The number of rotatable bonds is 10. The summed E-state index contributed by atoms with van der Waals surface area (Å²) in [5.74, 6) is -0.497. The minimum atomic E-state index is -0.727. The molecule has 0 aliphatic rings. The van der Waals surface area contributed by atoms with Crippen molar-refractivity contribution in [3.05, 3.63) is 59.7 Å². The van der Waals surface area contributed by atoms with Gasteiger partial charge in [0.1, 0.15) is 0 Å². The molecule has 8 nitrogen and oxygen atoms in total. The molecule has 0 bridgehead atoms. The Morgan fingerprint density at radius 1 is 1.03 bits per heavy atom. The maximum atomic E-state index is 12.5. The van der Waals surface area contributed by atoms with Crippen molar-refractivity contribution in [1.82, 2.24) is 5.32 Å². The van der Waals surface area contributed by atoms with Crippen LogP contribution in [0, 0.1) is 0 Å². The van der Waals surface area contributed by atoms with Crippen molar-refractivity contribution in [1.29, 1.82) is 0 Å². The maximum absolute atomic E-state index is 12.5. The Morgan fingerprint density at radius 3 is 2.39 bits per heavy atom. The van der Waals surface area contributed by atoms with Gasteiger partial charge in [-0.05, 0) is 49.8 Å². The molecule has 0 radical (unpaired) electrons. The largest absolute Gasteiger partial charge is 0.493 e. The van der Waals surface area contributed by atoms with Gasteiger partial charge in [-0.2, -0.15) is 12.6 Å². The van der Waals surface area contributed by atoms with Crippen LogP contribution in [-0.2, 0) is 14.3 Å². The molecule has 2 aromatic rings. The predicted octanol–water partition coefficient (Wildman–Crippen LogP) is 3.34. The first kappa shape index (κ1) is 25.8. The second-order valence-electron chi connectivity index (χ2n) is 7.65. The Morgan fingerprint density at radius 2 is 1.73 bits per heavy atom. The van der Waals surface area contributed by atoms with Gasteiger partial charge in [0, 0.05) is 17.4 Å². The molecular formula is C24H28N2O6S. The van der Waals surface area contributed by atoms with E-state index in [1.54, 1.807) is 49.6 Å². The number of hydrogen-bond acceptors (Lipinski definition) is 7. The lowest BCUT2D eigenvalue weighted by molar-refractivity contribution is -0.124. The van der Waals surface area contributed by atoms with Gasteiger partial charge < -0.3 is 24.8 Å². The lowest BCUT2D eigenvalue weighted by atomic mass is 10.1. The van der Waals surface area contributed by atoms with Crippen molar-refractivity contribution in [3.8, 4) is 11.5 Å². The lowest BCUT2D eigenvalue weighted by Crippen LogP contribution is -2.37. The molecule has 2 amide bonds. The molecule has 0 heterocycles. The van der Waals surface area contributed by atoms with Crippen LogP contribution in [0.25, 0.3) is 6.08 Å². The highest BCUT2D eigenvalue weighted by molar-refractivity contribution is 7.81. The van der Waals surface area contributed by atoms with Crippen LogP contribution < -0.4 is 20.1 Å². The van der Waals surface area contributed by atoms with Crippen LogP contribution in [0.5, 0.6) is 11.5 Å². The molecule has 0 aliphatic carbocycles. The van der Waals surface area contributed by atoms with E-state index >= 15 is 0 Å². The van der Waals surface area contributed by atoms with Gasteiger partial charge in [0.2, 0.25) is 5.91 Å². The van der Waals surface area contributed by atoms with E-state index in [0.29, 0.717) is 18.0 Å². The first-order valence-electron chi connectivity index (χ1n) is 10.1. The number of amides is 2. The zero-order chi connectivity index (χ0) is 24.4. The molecular weight excluding hydrogens is 444 g/mol. The third-order valence-corrected chi connectivity index (χ3v) is 4.45. The molecule has 2 aromatic carbocycles. The van der Waals surface area contributed by atoms with Crippen molar-refractivity contribution >= 4 is 42.2 Å². The summed E-state index contributed by atoms with van der Waals surface area (Å²) in [6, 6.07) is 11.6. The van der Waals surface area contributed by atoms with E-state index in [4.69, 9.17) is 14.2 Å². The number of nitrogens with one attached hydrogen (secondary N) is 2. The highest BCUT2D eigenvalue weighted by Gasteiger charge is 2.17. The molecule has 33 heavy (non-hydrogen) atoms. The van der Waals surface area contributed by atoms with E-state index in [-0.39, 0.29) is 16.0 Å². The molecule has 0 aromatic heterocycles. The average Bonchev–Trinajstić information content (AvgIpc) is 2.79. The molecule has 0 spiro atoms. The minimum Gasteiger partial charge on any atom is -0.493 e. The van der Waals surface area contributed by atoms with Crippen LogP contribution in [-0.4, -0.2) is 49.9 Å². The molecule has 0 atom stereocenters. The van der Waals surface area contributed by atoms with E-state index in [1.807, 2.05) is 13.8 Å². The van der Waals surface area contributed by atoms with E-state index in [1.165, 1.54) is 19.3 Å². The molecule has 2 rings (SSSR count). The highest BCUT2D eigenvalue weighted by atomic mass is 32.1. The summed E-state index contributed by atoms with van der Waals surface area (Å²) < 4.78 is 15.1. The van der Waals surface area contributed by atoms with Gasteiger partial charge in [-0.3, -0.25) is 9.59 Å². The Balaban J connectivity index is 2.00. The van der Waals surface area contributed by atoms with E-state index in [9.17, 15) is 14.4 Å². The first-order valence-corrected chi connectivity index (χ1v) is 10.5. The van der Waals surface area contributed by atoms with Gasteiger partial charge in [-0.15, -0.1) is 0 Å². The summed E-state index contributed by atoms with van der Waals surface area (Å²) in [6.07, 6.45) is 2.93. The Bertz CT molecular complexity index is 1030. The number of carbonyl (C=O) groups excluding carboxylic acids is 3. The number of benzene rings is 2. The SMILES string of the molecule is COc1ccc(/C=C/C(=O)Nc2ccccc2C(=O)OCC(=O)NCC(C)(C)S)cc1OC. The predicted molar refractivity (Wildman–Crippen MR) is 130 cm³/mol. The van der Waals surface area contributed by atoms with Crippen LogP contribution in [0.2, 0.25) is 0 Å². The number of ether oxygens (including phenoxy) is 3. The fourth-order valence-electron chi connectivity index (χ4n) is 2.65. The Labute approximate surface area is 198 Å². The van der Waals surface area contributed by atoms with Crippen molar-refractivity contribution in [2.24, 2.45) is 0 Å². The lowest BCUT2D eigenvalue weighted by Gasteiger charge is -2.17. The Hall–Kier alpha value is -3.46. The number of esters is 1. The van der Waals surface area contributed by atoms with E-state index in [2.05, 4.69) is 23.3 Å². The van der Waals surface area contributed by atoms with Gasteiger partial charge in [-0.1, -0.05) is 18.2 Å². The second-order valence-corrected chi connectivity index (χ2v) is 8.86. The molecule has 0 fully saturated rings. The van der Waals surface area contributed by atoms with Crippen LogP contribution >= 0.6 is 12.6 Å². The number of methoxy groups -OCH3 is 2. The smallest absolute Gasteiger partial charge is 0.340 e. The average molecular weight is 473 g/mol. The van der Waals surface area contributed by atoms with Gasteiger partial charge in [0.05, 0.1) is 25.5 Å². The first-order chi connectivity index (χ1) is 15.6. The van der Waals surface area contributed by atoms with Crippen LogP contribution in [0.1, 0.15) is 29.8 Å². The third kappa shape index (κ3) is 8.53. The molecule has 176 valence electrons. The Kier molecular flexibility index (Phi) is 9.35. The van der Waals surface area contributed by atoms with Crippen LogP contribution in [0.15, 0.2) is 48.5 Å². The zero-order valence-corrected chi connectivity index (χ0v) is 19.9. The number of para-hydroxylation sites is 1. The minimum absolute atomic E-state index is 0.132. The quantitative estimate of drug-likeness (QED) is 0.278. The summed E-state index contributed by atoms with van der Waals surface area (Å²) in [4.78, 5) is 36.7. The zero-order valence-electron chi connectivity index (χ0n) is 19.0. The normalized spacial score (nSPS) is 11.1. The van der Waals surface area contributed by atoms with Gasteiger partial charge in [0.15, 0.2) is 18.1 Å². The summed E-state index contributed by atoms with van der Waals surface area (Å²) in [6.45, 7) is 3.58. The second kappa shape index (κ2) is 12.0. The topological polar surface area (TPSA) is 103 Å². The fourth-order valence-corrected chi connectivity index (χ4v) is 2.73. The number of anilines is 1. The van der Waals surface area contributed by atoms with E-state index in [0.717, 1.165) is 5.56 Å². The van der Waals surface area contributed by atoms with Crippen molar-refractivity contribution in [2.75, 3.05) is 32.7 Å². The number of thiol groups is 1. The third-order valence-electron chi connectivity index (χ3n) is 4.29. The summed E-state index contributed by atoms with van der Waals surface area (Å²) in [7, 11) is 3.07. The summed E-state index contributed by atoms with van der Waals surface area (Å²) >= 11 is 4.32. The molecule has 0 aliphatic heterocycles. The highest BCUT2D eigenvalue weighted by Crippen LogP contribution is 2.28. The van der Waals surface area contributed by atoms with Crippen molar-refractivity contribution in [3.63, 3.8) is 0 Å². The molecule has 0 saturated carbocycles. The van der Waals surface area contributed by atoms with Crippen LogP contribution in [0.3, 0.4) is 0 Å². The summed E-state index contributed by atoms with van der Waals surface area (Å²) in [5, 5.41) is 5.29. The van der Waals surface area contributed by atoms with E-state index < -0.39 is 24.4 Å². The monoisotopic (exact) mass is 472 g/mol. The number of carbonyl (C=O) groups is 3. The fraction of sp³-hybridized carbons (Fsp3) is 0.292. The van der Waals surface area contributed by atoms with Crippen molar-refractivity contribution < 1.29 is 28.6 Å². The maximum Gasteiger partial charge on any atom is 0.340 e. The molecule has 9 heteroatoms. The van der Waals surface area contributed by atoms with Gasteiger partial charge in [0.25, 0.3) is 5.91 Å². The summed E-state index contributed by atoms with van der Waals surface area (Å²) in [5.41, 5.74) is 1.12. The molecule has 0 unspecified atom stereocenters. The van der Waals surface area contributed by atoms with Gasteiger partial charge >= 0.3 is 5.97 Å².